The predicted molar refractivity (Wildman–Crippen MR) is 88.6 cm³/mol. The van der Waals surface area contributed by atoms with Crippen LogP contribution in [0.15, 0.2) is 21.8 Å². The number of guanidine groups is 1. The van der Waals surface area contributed by atoms with Crippen LogP contribution < -0.4 is 5.32 Å². The fraction of sp³-hybridized carbons (Fsp3) is 0.643. The van der Waals surface area contributed by atoms with Crippen LogP contribution in [0.2, 0.25) is 0 Å². The second-order valence-corrected chi connectivity index (χ2v) is 9.32. The summed E-state index contributed by atoms with van der Waals surface area (Å²) in [6.07, 6.45) is 0. The third kappa shape index (κ3) is 3.77. The Morgan fingerprint density at radius 1 is 1.52 bits per heavy atom. The zero-order valence-corrected chi connectivity index (χ0v) is 14.4. The first kappa shape index (κ1) is 16.3. The van der Waals surface area contributed by atoms with Crippen molar-refractivity contribution in [2.75, 3.05) is 25.4 Å². The van der Waals surface area contributed by atoms with Gasteiger partial charge >= 0.3 is 0 Å². The van der Waals surface area contributed by atoms with Crippen LogP contribution in [0.1, 0.15) is 26.3 Å². The van der Waals surface area contributed by atoms with Gasteiger partial charge in [-0.15, -0.1) is 0 Å². The van der Waals surface area contributed by atoms with Crippen LogP contribution in [0.4, 0.5) is 0 Å². The van der Waals surface area contributed by atoms with Crippen molar-refractivity contribution < 1.29 is 8.42 Å². The Morgan fingerprint density at radius 3 is 2.86 bits per heavy atom. The van der Waals surface area contributed by atoms with Gasteiger partial charge in [-0.05, 0) is 43.2 Å². The first-order valence-electron chi connectivity index (χ1n) is 7.12. The van der Waals surface area contributed by atoms with Crippen molar-refractivity contribution >= 4 is 27.1 Å². The van der Waals surface area contributed by atoms with E-state index < -0.39 is 14.6 Å². The summed E-state index contributed by atoms with van der Waals surface area (Å²) < 4.78 is 23.4. The standard InChI is InChI=1S/C14H23N3O2S2/c1-4-15-13(16-9-12-5-7-20-10-12)17-6-8-21(18,19)14(2,3)11-17/h5,7,10H,4,6,8-9,11H2,1-3H3,(H,15,16). The SMILES string of the molecule is CCNC(=NCc1ccsc1)N1CCS(=O)(=O)C(C)(C)C1. The maximum absolute atomic E-state index is 12.1. The number of nitrogens with zero attached hydrogens (tertiary/aromatic N) is 2. The molecule has 1 aliphatic heterocycles. The lowest BCUT2D eigenvalue weighted by molar-refractivity contribution is 0.353. The highest BCUT2D eigenvalue weighted by Gasteiger charge is 2.40. The monoisotopic (exact) mass is 329 g/mol. The molecule has 21 heavy (non-hydrogen) atoms. The van der Waals surface area contributed by atoms with E-state index in [0.717, 1.165) is 12.5 Å². The number of aliphatic imine (C=N–C) groups is 1. The molecule has 0 atom stereocenters. The highest BCUT2D eigenvalue weighted by Crippen LogP contribution is 2.23. The summed E-state index contributed by atoms with van der Waals surface area (Å²) in [6.45, 7) is 7.97. The number of sulfone groups is 1. The van der Waals surface area contributed by atoms with Gasteiger partial charge in [0.2, 0.25) is 0 Å². The Balaban J connectivity index is 2.13. The van der Waals surface area contributed by atoms with Gasteiger partial charge in [0.05, 0.1) is 17.0 Å². The van der Waals surface area contributed by atoms with E-state index in [1.165, 1.54) is 5.56 Å². The molecule has 0 aliphatic carbocycles. The van der Waals surface area contributed by atoms with Crippen LogP contribution in [0.25, 0.3) is 0 Å². The van der Waals surface area contributed by atoms with Gasteiger partial charge in [-0.3, -0.25) is 0 Å². The molecule has 1 saturated heterocycles. The zero-order chi connectivity index (χ0) is 15.5. The number of rotatable bonds is 3. The molecule has 0 saturated carbocycles. The summed E-state index contributed by atoms with van der Waals surface area (Å²) >= 11 is 1.66. The van der Waals surface area contributed by atoms with Gasteiger partial charge in [-0.2, -0.15) is 11.3 Å². The Labute approximate surface area is 131 Å². The number of hydrogen-bond donors (Lipinski definition) is 1. The van der Waals surface area contributed by atoms with Gasteiger partial charge in [0.15, 0.2) is 15.8 Å². The van der Waals surface area contributed by atoms with Crippen molar-refractivity contribution in [3.05, 3.63) is 22.4 Å². The Bertz CT molecular complexity index is 592. The molecule has 118 valence electrons. The minimum absolute atomic E-state index is 0.183. The van der Waals surface area contributed by atoms with E-state index in [1.807, 2.05) is 12.3 Å². The van der Waals surface area contributed by atoms with Crippen molar-refractivity contribution in [1.29, 1.82) is 0 Å². The molecule has 0 unspecified atom stereocenters. The van der Waals surface area contributed by atoms with Crippen molar-refractivity contribution in [1.82, 2.24) is 10.2 Å². The summed E-state index contributed by atoms with van der Waals surface area (Å²) in [5, 5.41) is 7.38. The van der Waals surface area contributed by atoms with Gasteiger partial charge in [0.1, 0.15) is 0 Å². The van der Waals surface area contributed by atoms with Crippen LogP contribution in [0.5, 0.6) is 0 Å². The Morgan fingerprint density at radius 2 is 2.29 bits per heavy atom. The average molecular weight is 329 g/mol. The molecule has 0 radical (unpaired) electrons. The molecule has 2 rings (SSSR count). The molecule has 5 nitrogen and oxygen atoms in total. The second-order valence-electron chi connectivity index (χ2n) is 5.80. The molecule has 1 aromatic heterocycles. The highest BCUT2D eigenvalue weighted by atomic mass is 32.2. The lowest BCUT2D eigenvalue weighted by atomic mass is 10.2. The molecule has 0 spiro atoms. The molecule has 0 amide bonds. The van der Waals surface area contributed by atoms with Gasteiger partial charge < -0.3 is 10.2 Å². The van der Waals surface area contributed by atoms with E-state index in [1.54, 1.807) is 25.2 Å². The Kier molecular flexibility index (Phi) is 4.93. The molecule has 1 aliphatic rings. The van der Waals surface area contributed by atoms with E-state index in [2.05, 4.69) is 26.7 Å². The van der Waals surface area contributed by atoms with E-state index in [-0.39, 0.29) is 5.75 Å². The zero-order valence-electron chi connectivity index (χ0n) is 12.8. The fourth-order valence-electron chi connectivity index (χ4n) is 2.30. The highest BCUT2D eigenvalue weighted by molar-refractivity contribution is 7.92. The summed E-state index contributed by atoms with van der Waals surface area (Å²) in [6, 6.07) is 2.06. The van der Waals surface area contributed by atoms with E-state index in [0.29, 0.717) is 19.6 Å². The molecule has 0 bridgehead atoms. The second kappa shape index (κ2) is 6.36. The molecule has 1 N–H and O–H groups in total. The van der Waals surface area contributed by atoms with E-state index in [4.69, 9.17) is 0 Å². The normalized spacial score (nSPS) is 21.3. The maximum Gasteiger partial charge on any atom is 0.194 e. The summed E-state index contributed by atoms with van der Waals surface area (Å²) in [5.74, 6) is 0.981. The Hall–Kier alpha value is -1.08. The molecule has 0 aromatic carbocycles. The van der Waals surface area contributed by atoms with Crippen LogP contribution in [0, 0.1) is 0 Å². The maximum atomic E-state index is 12.1. The van der Waals surface area contributed by atoms with Crippen LogP contribution in [-0.4, -0.2) is 49.4 Å². The third-order valence-electron chi connectivity index (χ3n) is 3.67. The molecular formula is C14H23N3O2S2. The van der Waals surface area contributed by atoms with Crippen LogP contribution in [0.3, 0.4) is 0 Å². The lowest BCUT2D eigenvalue weighted by Gasteiger charge is -2.39. The predicted octanol–water partition coefficient (Wildman–Crippen LogP) is 1.72. The van der Waals surface area contributed by atoms with E-state index in [9.17, 15) is 8.42 Å². The number of thiophene rings is 1. The van der Waals surface area contributed by atoms with E-state index >= 15 is 0 Å². The van der Waals surface area contributed by atoms with Crippen LogP contribution in [-0.2, 0) is 16.4 Å². The molecule has 1 aromatic rings. The largest absolute Gasteiger partial charge is 0.357 e. The van der Waals surface area contributed by atoms with Gasteiger partial charge in [-0.25, -0.2) is 13.4 Å². The van der Waals surface area contributed by atoms with Crippen LogP contribution >= 0.6 is 11.3 Å². The van der Waals surface area contributed by atoms with Crippen molar-refractivity contribution in [3.63, 3.8) is 0 Å². The smallest absolute Gasteiger partial charge is 0.194 e. The lowest BCUT2D eigenvalue weighted by Crippen LogP contribution is -2.57. The molecule has 2 heterocycles. The minimum Gasteiger partial charge on any atom is -0.357 e. The molecule has 1 fully saturated rings. The summed E-state index contributed by atoms with van der Waals surface area (Å²) in [7, 11) is -3.02. The first-order valence-corrected chi connectivity index (χ1v) is 9.72. The fourth-order valence-corrected chi connectivity index (χ4v) is 4.32. The number of nitrogens with one attached hydrogen (secondary N) is 1. The minimum atomic E-state index is -3.02. The van der Waals surface area contributed by atoms with Crippen molar-refractivity contribution in [2.24, 2.45) is 4.99 Å². The summed E-state index contributed by atoms with van der Waals surface area (Å²) in [5.41, 5.74) is 1.18. The molecule has 7 heteroatoms. The van der Waals surface area contributed by atoms with Gasteiger partial charge in [0.25, 0.3) is 0 Å². The van der Waals surface area contributed by atoms with Gasteiger partial charge in [0, 0.05) is 19.6 Å². The third-order valence-corrected chi connectivity index (χ3v) is 6.93. The topological polar surface area (TPSA) is 61.8 Å². The quantitative estimate of drug-likeness (QED) is 0.677. The first-order chi connectivity index (χ1) is 9.86. The number of hydrogen-bond acceptors (Lipinski definition) is 4. The van der Waals surface area contributed by atoms with Crippen molar-refractivity contribution in [3.8, 4) is 0 Å². The van der Waals surface area contributed by atoms with Gasteiger partial charge in [-0.1, -0.05) is 0 Å². The van der Waals surface area contributed by atoms with Crippen molar-refractivity contribution in [2.45, 2.75) is 32.1 Å². The summed E-state index contributed by atoms with van der Waals surface area (Å²) in [4.78, 5) is 6.69. The molecular weight excluding hydrogens is 306 g/mol. The average Bonchev–Trinajstić information content (AvgIpc) is 2.91.